The number of aromatic amines is 1. The Labute approximate surface area is 150 Å². The fourth-order valence-corrected chi connectivity index (χ4v) is 3.15. The number of aromatic nitrogens is 2. The molecule has 1 aliphatic heterocycles. The van der Waals surface area contributed by atoms with Gasteiger partial charge in [0, 0.05) is 19.0 Å². The number of phenols is 1. The van der Waals surface area contributed by atoms with E-state index in [2.05, 4.69) is 16.8 Å². The Morgan fingerprint density at radius 2 is 2.08 bits per heavy atom. The zero-order valence-electron chi connectivity index (χ0n) is 14.2. The van der Waals surface area contributed by atoms with E-state index in [4.69, 9.17) is 4.74 Å². The first-order valence-corrected chi connectivity index (χ1v) is 8.44. The van der Waals surface area contributed by atoms with E-state index in [-0.39, 0.29) is 11.7 Å². The summed E-state index contributed by atoms with van der Waals surface area (Å²) in [4.78, 5) is 13.3. The first-order chi connectivity index (χ1) is 12.6. The Bertz CT molecular complexity index is 956. The van der Waals surface area contributed by atoms with Gasteiger partial charge in [-0.2, -0.15) is 5.10 Å². The number of aromatic hydroxyl groups is 1. The summed E-state index contributed by atoms with van der Waals surface area (Å²) >= 11 is 0. The van der Waals surface area contributed by atoms with Crippen LogP contribution in [0.15, 0.2) is 55.3 Å². The van der Waals surface area contributed by atoms with Gasteiger partial charge in [0.15, 0.2) is 0 Å². The lowest BCUT2D eigenvalue weighted by molar-refractivity contribution is -0.132. The van der Waals surface area contributed by atoms with Gasteiger partial charge in [-0.25, -0.2) is 0 Å². The molecule has 1 saturated heterocycles. The second-order valence-corrected chi connectivity index (χ2v) is 6.48. The molecular formula is C20H19N3O3. The number of nitrogens with one attached hydrogen (secondary N) is 1. The number of amides is 1. The molecule has 6 nitrogen and oxygen atoms in total. The summed E-state index contributed by atoms with van der Waals surface area (Å²) in [6, 6.07) is 11.0. The fourth-order valence-electron chi connectivity index (χ4n) is 3.15. The number of carbonyl (C=O) groups is 1. The van der Waals surface area contributed by atoms with Gasteiger partial charge in [0.05, 0.1) is 23.7 Å². The van der Waals surface area contributed by atoms with Crippen LogP contribution in [0.4, 0.5) is 0 Å². The van der Waals surface area contributed by atoms with E-state index in [1.165, 1.54) is 6.08 Å². The normalized spacial score (nSPS) is 14.2. The monoisotopic (exact) mass is 349 g/mol. The van der Waals surface area contributed by atoms with Gasteiger partial charge in [-0.1, -0.05) is 18.7 Å². The molecule has 2 heterocycles. The number of phenolic OH excluding ortho intramolecular Hbond substituents is 1. The van der Waals surface area contributed by atoms with E-state index in [1.807, 2.05) is 24.3 Å². The van der Waals surface area contributed by atoms with Crippen molar-refractivity contribution >= 4 is 16.8 Å². The minimum atomic E-state index is -0.0344. The summed E-state index contributed by atoms with van der Waals surface area (Å²) in [7, 11) is 0. The van der Waals surface area contributed by atoms with Crippen molar-refractivity contribution in [1.29, 1.82) is 0 Å². The Kier molecular flexibility index (Phi) is 4.08. The highest BCUT2D eigenvalue weighted by atomic mass is 16.5. The number of H-pyrrole nitrogens is 1. The summed E-state index contributed by atoms with van der Waals surface area (Å²) < 4.78 is 6.06. The van der Waals surface area contributed by atoms with Crippen LogP contribution < -0.4 is 4.74 Å². The lowest BCUT2D eigenvalue weighted by atomic mass is 10.0. The summed E-state index contributed by atoms with van der Waals surface area (Å²) in [5.41, 5.74) is 2.85. The lowest BCUT2D eigenvalue weighted by Gasteiger charge is -2.38. The number of hydrogen-bond acceptors (Lipinski definition) is 4. The molecule has 4 rings (SSSR count). The second-order valence-electron chi connectivity index (χ2n) is 6.48. The quantitative estimate of drug-likeness (QED) is 0.694. The maximum atomic E-state index is 11.5. The maximum absolute atomic E-state index is 11.5. The van der Waals surface area contributed by atoms with Crippen LogP contribution in [0.1, 0.15) is 0 Å². The highest BCUT2D eigenvalue weighted by Crippen LogP contribution is 2.33. The Hall–Kier alpha value is -3.28. The highest BCUT2D eigenvalue weighted by molar-refractivity contribution is 5.90. The molecule has 1 fully saturated rings. The first-order valence-electron chi connectivity index (χ1n) is 8.44. The van der Waals surface area contributed by atoms with Crippen LogP contribution in [0.5, 0.6) is 11.5 Å². The Morgan fingerprint density at radius 3 is 2.81 bits per heavy atom. The zero-order valence-corrected chi connectivity index (χ0v) is 14.2. The molecule has 0 bridgehead atoms. The van der Waals surface area contributed by atoms with Crippen LogP contribution in [0.2, 0.25) is 0 Å². The van der Waals surface area contributed by atoms with Crippen molar-refractivity contribution in [3.8, 4) is 22.6 Å². The van der Waals surface area contributed by atoms with Crippen LogP contribution in [0, 0.1) is 5.92 Å². The molecule has 1 aliphatic rings. The van der Waals surface area contributed by atoms with Gasteiger partial charge < -0.3 is 14.7 Å². The molecule has 0 unspecified atom stereocenters. The zero-order chi connectivity index (χ0) is 18.1. The molecule has 6 heteroatoms. The van der Waals surface area contributed by atoms with E-state index >= 15 is 0 Å². The van der Waals surface area contributed by atoms with Crippen molar-refractivity contribution in [2.24, 2.45) is 5.92 Å². The second kappa shape index (κ2) is 6.55. The molecule has 0 spiro atoms. The molecule has 0 aliphatic carbocycles. The summed E-state index contributed by atoms with van der Waals surface area (Å²) in [6.45, 7) is 5.43. The van der Waals surface area contributed by atoms with Gasteiger partial charge >= 0.3 is 0 Å². The third kappa shape index (κ3) is 3.01. The fraction of sp³-hybridized carbons (Fsp3) is 0.200. The van der Waals surface area contributed by atoms with Gasteiger partial charge in [0.25, 0.3) is 0 Å². The predicted molar refractivity (Wildman–Crippen MR) is 99.0 cm³/mol. The van der Waals surface area contributed by atoms with Crippen molar-refractivity contribution in [1.82, 2.24) is 15.1 Å². The Balaban J connectivity index is 1.53. The van der Waals surface area contributed by atoms with Gasteiger partial charge in [-0.15, -0.1) is 0 Å². The maximum Gasteiger partial charge on any atom is 0.245 e. The largest absolute Gasteiger partial charge is 0.508 e. The number of likely N-dealkylation sites (tertiary alicyclic amines) is 1. The number of carbonyl (C=O) groups excluding carboxylic acids is 1. The van der Waals surface area contributed by atoms with Gasteiger partial charge in [0.2, 0.25) is 5.91 Å². The van der Waals surface area contributed by atoms with Gasteiger partial charge in [-0.05, 0) is 41.5 Å². The van der Waals surface area contributed by atoms with Crippen LogP contribution in [0.25, 0.3) is 22.0 Å². The molecule has 0 atom stereocenters. The van der Waals surface area contributed by atoms with E-state index in [9.17, 15) is 9.90 Å². The molecule has 0 radical (unpaired) electrons. The summed E-state index contributed by atoms with van der Waals surface area (Å²) in [6.07, 6.45) is 3.09. The molecule has 2 aromatic carbocycles. The number of fused-ring (bicyclic) bond motifs is 1. The Morgan fingerprint density at radius 1 is 1.31 bits per heavy atom. The molecular weight excluding hydrogens is 330 g/mol. The topological polar surface area (TPSA) is 78.5 Å². The molecule has 1 amide bonds. The molecule has 0 saturated carbocycles. The summed E-state index contributed by atoms with van der Waals surface area (Å²) in [5.74, 6) is 1.27. The average molecular weight is 349 g/mol. The average Bonchev–Trinajstić information content (AvgIpc) is 3.09. The standard InChI is InChI=1S/C20H19N3O3/c1-2-20(25)23-10-13(11-23)12-26-19-8-15(7-18-17(19)9-21-22-18)14-3-5-16(24)6-4-14/h2-9,13,24H,1,10-12H2,(H,21,22). The van der Waals surface area contributed by atoms with Crippen molar-refractivity contribution in [3.63, 3.8) is 0 Å². The number of rotatable bonds is 5. The van der Waals surface area contributed by atoms with Crippen LogP contribution in [-0.4, -0.2) is 45.8 Å². The lowest BCUT2D eigenvalue weighted by Crippen LogP contribution is -2.51. The van der Waals surface area contributed by atoms with Crippen LogP contribution in [-0.2, 0) is 4.79 Å². The SMILES string of the molecule is C=CC(=O)N1CC(COc2cc(-c3ccc(O)cc3)cc3[nH]ncc23)C1. The third-order valence-corrected chi connectivity index (χ3v) is 4.64. The van der Waals surface area contributed by atoms with E-state index in [1.54, 1.807) is 23.2 Å². The minimum Gasteiger partial charge on any atom is -0.508 e. The third-order valence-electron chi connectivity index (χ3n) is 4.64. The van der Waals surface area contributed by atoms with Crippen LogP contribution >= 0.6 is 0 Å². The van der Waals surface area contributed by atoms with Gasteiger partial charge in [0.1, 0.15) is 11.5 Å². The molecule has 1 aromatic heterocycles. The molecule has 26 heavy (non-hydrogen) atoms. The van der Waals surface area contributed by atoms with Crippen molar-refractivity contribution in [3.05, 3.63) is 55.3 Å². The van der Waals surface area contributed by atoms with E-state index in [0.717, 1.165) is 27.8 Å². The molecule has 2 N–H and O–H groups in total. The number of ether oxygens (including phenoxy) is 1. The smallest absolute Gasteiger partial charge is 0.245 e. The minimum absolute atomic E-state index is 0.0344. The molecule has 132 valence electrons. The molecule has 3 aromatic rings. The van der Waals surface area contributed by atoms with Gasteiger partial charge in [-0.3, -0.25) is 9.89 Å². The predicted octanol–water partition coefficient (Wildman–Crippen LogP) is 2.96. The number of nitrogens with zero attached hydrogens (tertiary/aromatic N) is 2. The van der Waals surface area contributed by atoms with Crippen molar-refractivity contribution in [2.75, 3.05) is 19.7 Å². The van der Waals surface area contributed by atoms with Crippen LogP contribution in [0.3, 0.4) is 0 Å². The van der Waals surface area contributed by atoms with E-state index in [0.29, 0.717) is 25.6 Å². The highest BCUT2D eigenvalue weighted by Gasteiger charge is 2.29. The number of hydrogen-bond donors (Lipinski definition) is 2. The first kappa shape index (κ1) is 16.2. The van der Waals surface area contributed by atoms with E-state index < -0.39 is 0 Å². The van der Waals surface area contributed by atoms with Crippen molar-refractivity contribution in [2.45, 2.75) is 0 Å². The van der Waals surface area contributed by atoms with Crippen molar-refractivity contribution < 1.29 is 14.6 Å². The number of benzene rings is 2. The summed E-state index contributed by atoms with van der Waals surface area (Å²) in [5, 5.41) is 17.5.